The van der Waals surface area contributed by atoms with Crippen LogP contribution in [0.25, 0.3) is 11.1 Å². The first-order valence-corrected chi connectivity index (χ1v) is 6.87. The molecule has 20 heavy (non-hydrogen) atoms. The largest absolute Gasteiger partial charge is 0.494 e. The first kappa shape index (κ1) is 14.8. The first-order chi connectivity index (χ1) is 9.67. The zero-order valence-electron chi connectivity index (χ0n) is 11.5. The highest BCUT2D eigenvalue weighted by atomic mass is 35.5. The van der Waals surface area contributed by atoms with Gasteiger partial charge in [0, 0.05) is 17.1 Å². The second-order valence-electron chi connectivity index (χ2n) is 4.41. The van der Waals surface area contributed by atoms with Gasteiger partial charge < -0.3 is 10.1 Å². The summed E-state index contributed by atoms with van der Waals surface area (Å²) >= 11 is 6.25. The first-order valence-electron chi connectivity index (χ1n) is 6.49. The van der Waals surface area contributed by atoms with Crippen molar-refractivity contribution >= 4 is 11.6 Å². The summed E-state index contributed by atoms with van der Waals surface area (Å²) < 4.78 is 19.2. The van der Waals surface area contributed by atoms with Crippen LogP contribution in [-0.4, -0.2) is 13.7 Å². The lowest BCUT2D eigenvalue weighted by Gasteiger charge is -2.10. The molecule has 0 aliphatic heterocycles. The highest BCUT2D eigenvalue weighted by Crippen LogP contribution is 2.31. The van der Waals surface area contributed by atoms with E-state index in [4.69, 9.17) is 16.3 Å². The summed E-state index contributed by atoms with van der Waals surface area (Å²) in [6.07, 6.45) is 0. The van der Waals surface area contributed by atoms with Crippen LogP contribution >= 0.6 is 11.6 Å². The van der Waals surface area contributed by atoms with Crippen molar-refractivity contribution in [1.29, 1.82) is 0 Å². The third-order valence-electron chi connectivity index (χ3n) is 3.11. The summed E-state index contributed by atoms with van der Waals surface area (Å²) in [6, 6.07) is 10.6. The van der Waals surface area contributed by atoms with Gasteiger partial charge in [0.05, 0.1) is 7.11 Å². The lowest BCUT2D eigenvalue weighted by atomic mass is 10.0. The Morgan fingerprint density at radius 3 is 2.70 bits per heavy atom. The molecule has 2 nitrogen and oxygen atoms in total. The van der Waals surface area contributed by atoms with Crippen molar-refractivity contribution in [3.05, 3.63) is 52.8 Å². The predicted octanol–water partition coefficient (Wildman–Crippen LogP) is 4.26. The Labute approximate surface area is 123 Å². The average Bonchev–Trinajstić information content (AvgIpc) is 2.46. The Morgan fingerprint density at radius 1 is 1.25 bits per heavy atom. The summed E-state index contributed by atoms with van der Waals surface area (Å²) in [5.74, 6) is -0.138. The van der Waals surface area contributed by atoms with Gasteiger partial charge in [-0.1, -0.05) is 42.8 Å². The molecular formula is C16H17ClFNO. The van der Waals surface area contributed by atoms with E-state index in [-0.39, 0.29) is 11.6 Å². The number of halogens is 2. The van der Waals surface area contributed by atoms with Crippen molar-refractivity contribution in [2.24, 2.45) is 0 Å². The molecule has 0 atom stereocenters. The van der Waals surface area contributed by atoms with E-state index in [9.17, 15) is 4.39 Å². The third-order valence-corrected chi connectivity index (χ3v) is 3.46. The van der Waals surface area contributed by atoms with E-state index in [1.54, 1.807) is 24.3 Å². The molecule has 0 aliphatic carbocycles. The Hall–Kier alpha value is -1.58. The molecule has 0 bridgehead atoms. The maximum absolute atomic E-state index is 14.2. The van der Waals surface area contributed by atoms with Crippen molar-refractivity contribution in [2.45, 2.75) is 13.5 Å². The SMILES string of the molecule is CCNCc1ccc(-c2cccc(OC)c2F)cc1Cl. The van der Waals surface area contributed by atoms with Gasteiger partial charge in [-0.3, -0.25) is 0 Å². The smallest absolute Gasteiger partial charge is 0.172 e. The van der Waals surface area contributed by atoms with Crippen LogP contribution in [0.3, 0.4) is 0 Å². The van der Waals surface area contributed by atoms with Gasteiger partial charge in [-0.15, -0.1) is 0 Å². The predicted molar refractivity (Wildman–Crippen MR) is 80.8 cm³/mol. The monoisotopic (exact) mass is 293 g/mol. The van der Waals surface area contributed by atoms with Gasteiger partial charge in [0.2, 0.25) is 0 Å². The molecule has 1 N–H and O–H groups in total. The van der Waals surface area contributed by atoms with E-state index in [0.717, 1.165) is 17.7 Å². The van der Waals surface area contributed by atoms with Crippen LogP contribution in [0, 0.1) is 5.82 Å². The van der Waals surface area contributed by atoms with Crippen LogP contribution in [0.1, 0.15) is 12.5 Å². The lowest BCUT2D eigenvalue weighted by Crippen LogP contribution is -2.11. The minimum absolute atomic E-state index is 0.232. The van der Waals surface area contributed by atoms with E-state index >= 15 is 0 Å². The maximum atomic E-state index is 14.2. The highest BCUT2D eigenvalue weighted by Gasteiger charge is 2.11. The fraction of sp³-hybridized carbons (Fsp3) is 0.250. The molecule has 0 heterocycles. The lowest BCUT2D eigenvalue weighted by molar-refractivity contribution is 0.387. The van der Waals surface area contributed by atoms with Crippen molar-refractivity contribution in [2.75, 3.05) is 13.7 Å². The number of methoxy groups -OCH3 is 1. The second kappa shape index (κ2) is 6.73. The highest BCUT2D eigenvalue weighted by molar-refractivity contribution is 6.31. The van der Waals surface area contributed by atoms with Gasteiger partial charge in [-0.05, 0) is 29.8 Å². The summed E-state index contributed by atoms with van der Waals surface area (Å²) in [7, 11) is 1.45. The van der Waals surface area contributed by atoms with Crippen molar-refractivity contribution in [1.82, 2.24) is 5.32 Å². The fourth-order valence-electron chi connectivity index (χ4n) is 2.01. The van der Waals surface area contributed by atoms with Gasteiger partial charge >= 0.3 is 0 Å². The van der Waals surface area contributed by atoms with E-state index in [0.29, 0.717) is 17.1 Å². The zero-order valence-corrected chi connectivity index (χ0v) is 12.3. The Morgan fingerprint density at radius 2 is 2.05 bits per heavy atom. The summed E-state index contributed by atoms with van der Waals surface area (Å²) in [5.41, 5.74) is 2.23. The molecule has 0 saturated carbocycles. The fourth-order valence-corrected chi connectivity index (χ4v) is 2.26. The number of ether oxygens (including phenoxy) is 1. The second-order valence-corrected chi connectivity index (χ2v) is 4.82. The molecule has 0 aliphatic rings. The number of hydrogen-bond acceptors (Lipinski definition) is 2. The molecule has 0 fully saturated rings. The average molecular weight is 294 g/mol. The topological polar surface area (TPSA) is 21.3 Å². The quantitative estimate of drug-likeness (QED) is 0.889. The van der Waals surface area contributed by atoms with Crippen LogP contribution in [0.5, 0.6) is 5.75 Å². The summed E-state index contributed by atoms with van der Waals surface area (Å²) in [5, 5.41) is 3.85. The van der Waals surface area contributed by atoms with E-state index in [1.807, 2.05) is 19.1 Å². The standard InChI is InChI=1S/C16H17ClFNO/c1-3-19-10-12-8-7-11(9-14(12)17)13-5-4-6-15(20-2)16(13)18/h4-9,19H,3,10H2,1-2H3. The van der Waals surface area contributed by atoms with Gasteiger partial charge in [0.15, 0.2) is 11.6 Å². The number of nitrogens with one attached hydrogen (secondary N) is 1. The molecule has 2 aromatic carbocycles. The van der Waals surface area contributed by atoms with Gasteiger partial charge in [0.25, 0.3) is 0 Å². The Bertz CT molecular complexity index is 601. The molecule has 106 valence electrons. The van der Waals surface area contributed by atoms with Crippen LogP contribution in [-0.2, 0) is 6.54 Å². The van der Waals surface area contributed by atoms with E-state index < -0.39 is 0 Å². The minimum atomic E-state index is -0.370. The molecule has 0 radical (unpaired) electrons. The molecule has 0 spiro atoms. The Balaban J connectivity index is 2.37. The Kier molecular flexibility index (Phi) is 4.99. The maximum Gasteiger partial charge on any atom is 0.172 e. The molecule has 2 rings (SSSR count). The molecule has 0 amide bonds. The van der Waals surface area contributed by atoms with Crippen molar-refractivity contribution < 1.29 is 9.13 Å². The third kappa shape index (κ3) is 3.11. The van der Waals surface area contributed by atoms with Gasteiger partial charge in [0.1, 0.15) is 0 Å². The van der Waals surface area contributed by atoms with Crippen molar-refractivity contribution in [3.8, 4) is 16.9 Å². The number of benzene rings is 2. The van der Waals surface area contributed by atoms with Crippen molar-refractivity contribution in [3.63, 3.8) is 0 Å². The van der Waals surface area contributed by atoms with Gasteiger partial charge in [-0.25, -0.2) is 4.39 Å². The number of rotatable bonds is 5. The summed E-state index contributed by atoms with van der Waals surface area (Å²) in [6.45, 7) is 3.62. The van der Waals surface area contributed by atoms with E-state index in [2.05, 4.69) is 5.32 Å². The van der Waals surface area contributed by atoms with Gasteiger partial charge in [-0.2, -0.15) is 0 Å². The van der Waals surface area contributed by atoms with Crippen LogP contribution in [0.4, 0.5) is 4.39 Å². The molecule has 0 aromatic heterocycles. The number of hydrogen-bond donors (Lipinski definition) is 1. The van der Waals surface area contributed by atoms with E-state index in [1.165, 1.54) is 7.11 Å². The normalized spacial score (nSPS) is 10.6. The molecular weight excluding hydrogens is 277 g/mol. The zero-order chi connectivity index (χ0) is 14.5. The molecule has 2 aromatic rings. The van der Waals surface area contributed by atoms with Crippen LogP contribution in [0.15, 0.2) is 36.4 Å². The summed E-state index contributed by atoms with van der Waals surface area (Å²) in [4.78, 5) is 0. The molecule has 0 saturated heterocycles. The van der Waals surface area contributed by atoms with Crippen LogP contribution in [0.2, 0.25) is 5.02 Å². The molecule has 0 unspecified atom stereocenters. The molecule has 4 heteroatoms. The minimum Gasteiger partial charge on any atom is -0.494 e. The van der Waals surface area contributed by atoms with Crippen LogP contribution < -0.4 is 10.1 Å².